The average Bonchev–Trinajstić information content (AvgIpc) is 2.41. The summed E-state index contributed by atoms with van der Waals surface area (Å²) in [5.41, 5.74) is 0.235. The summed E-state index contributed by atoms with van der Waals surface area (Å²) in [6, 6.07) is 10.9. The molecule has 3 rings (SSSR count). The minimum atomic E-state index is -0.945. The van der Waals surface area contributed by atoms with Gasteiger partial charge in [-0.1, -0.05) is 22.0 Å². The normalized spacial score (nSPS) is 21.3. The Bertz CT molecular complexity index is 645. The van der Waals surface area contributed by atoms with E-state index in [2.05, 4.69) is 26.2 Å². The molecule has 0 radical (unpaired) electrons. The van der Waals surface area contributed by atoms with Crippen LogP contribution in [0.3, 0.4) is 0 Å². The van der Waals surface area contributed by atoms with Crippen molar-refractivity contribution in [3.05, 3.63) is 58.3 Å². The van der Waals surface area contributed by atoms with Gasteiger partial charge >= 0.3 is 0 Å². The minimum Gasteiger partial charge on any atom is -0.462 e. The van der Waals surface area contributed by atoms with Crippen LogP contribution in [0.1, 0.15) is 23.0 Å². The van der Waals surface area contributed by atoms with Crippen LogP contribution in [0.2, 0.25) is 0 Å². The van der Waals surface area contributed by atoms with Gasteiger partial charge in [-0.3, -0.25) is 9.78 Å². The predicted molar refractivity (Wildman–Crippen MR) is 73.8 cm³/mol. The summed E-state index contributed by atoms with van der Waals surface area (Å²) in [6.45, 7) is 1.79. The first-order valence-corrected chi connectivity index (χ1v) is 6.60. The monoisotopic (exact) mass is 318 g/mol. The first kappa shape index (κ1) is 12.2. The number of pyridine rings is 1. The second-order valence-electron chi connectivity index (χ2n) is 4.44. The highest BCUT2D eigenvalue weighted by Crippen LogP contribution is 2.33. The van der Waals surface area contributed by atoms with Crippen LogP contribution < -0.4 is 10.1 Å². The lowest BCUT2D eigenvalue weighted by atomic mass is 10.1. The molecule has 19 heavy (non-hydrogen) atoms. The van der Waals surface area contributed by atoms with E-state index in [9.17, 15) is 4.79 Å². The molecular weight excluding hydrogens is 308 g/mol. The number of nitrogens with one attached hydrogen (secondary N) is 1. The van der Waals surface area contributed by atoms with E-state index in [-0.39, 0.29) is 5.91 Å². The highest BCUT2D eigenvalue weighted by atomic mass is 79.9. The van der Waals surface area contributed by atoms with E-state index in [0.29, 0.717) is 17.0 Å². The molecule has 0 bridgehead atoms. The lowest BCUT2D eigenvalue weighted by Gasteiger charge is -2.35. The van der Waals surface area contributed by atoms with Crippen molar-refractivity contribution in [1.82, 2.24) is 10.3 Å². The minimum absolute atomic E-state index is 0.171. The topological polar surface area (TPSA) is 51.2 Å². The molecule has 1 amide bonds. The lowest BCUT2D eigenvalue weighted by Crippen LogP contribution is -2.51. The quantitative estimate of drug-likeness (QED) is 0.879. The molecule has 2 aromatic rings. The summed E-state index contributed by atoms with van der Waals surface area (Å²) >= 11 is 3.34. The average molecular weight is 319 g/mol. The van der Waals surface area contributed by atoms with Crippen LogP contribution in [0.5, 0.6) is 5.75 Å². The van der Waals surface area contributed by atoms with Crippen LogP contribution in [0, 0.1) is 0 Å². The molecule has 5 heteroatoms. The van der Waals surface area contributed by atoms with Gasteiger partial charge in [-0.2, -0.15) is 0 Å². The summed E-state index contributed by atoms with van der Waals surface area (Å²) in [5, 5.41) is 2.85. The van der Waals surface area contributed by atoms with E-state index in [4.69, 9.17) is 4.74 Å². The van der Waals surface area contributed by atoms with E-state index < -0.39 is 5.72 Å². The molecule has 2 heterocycles. The number of hydrogen-bond donors (Lipinski definition) is 1. The molecular formula is C14H11BrN2O2. The zero-order valence-electron chi connectivity index (χ0n) is 10.2. The molecule has 1 N–H and O–H groups in total. The number of amides is 1. The van der Waals surface area contributed by atoms with Gasteiger partial charge in [0.1, 0.15) is 11.4 Å². The molecule has 1 atom stereocenters. The smallest absolute Gasteiger partial charge is 0.258 e. The highest BCUT2D eigenvalue weighted by molar-refractivity contribution is 9.10. The Morgan fingerprint density at radius 2 is 2.16 bits per heavy atom. The van der Waals surface area contributed by atoms with Crippen molar-refractivity contribution >= 4 is 21.8 Å². The third-order valence-corrected chi connectivity index (χ3v) is 3.50. The number of halogens is 1. The first-order valence-electron chi connectivity index (χ1n) is 5.81. The zero-order valence-corrected chi connectivity index (χ0v) is 11.8. The maximum absolute atomic E-state index is 12.2. The number of aromatic nitrogens is 1. The molecule has 1 unspecified atom stereocenters. The van der Waals surface area contributed by atoms with Gasteiger partial charge in [-0.25, -0.2) is 0 Å². The number of ether oxygens (including phenoxy) is 1. The van der Waals surface area contributed by atoms with Crippen molar-refractivity contribution < 1.29 is 9.53 Å². The van der Waals surface area contributed by atoms with Crippen LogP contribution in [0.15, 0.2) is 47.1 Å². The number of rotatable bonds is 1. The molecule has 96 valence electrons. The van der Waals surface area contributed by atoms with E-state index in [1.165, 1.54) is 0 Å². The molecule has 0 saturated heterocycles. The van der Waals surface area contributed by atoms with Gasteiger partial charge in [-0.15, -0.1) is 0 Å². The number of carbonyl (C=O) groups is 1. The Kier molecular flexibility index (Phi) is 2.78. The molecule has 0 fully saturated rings. The van der Waals surface area contributed by atoms with Crippen LogP contribution >= 0.6 is 15.9 Å². The number of nitrogens with zero attached hydrogens (tertiary/aromatic N) is 1. The van der Waals surface area contributed by atoms with Gasteiger partial charge in [0, 0.05) is 17.6 Å². The number of carbonyl (C=O) groups excluding carboxylic acids is 1. The number of fused-ring (bicyclic) bond motifs is 1. The van der Waals surface area contributed by atoms with Crippen LogP contribution in [-0.2, 0) is 5.72 Å². The lowest BCUT2D eigenvalue weighted by molar-refractivity contribution is 0.0260. The standard InChI is InChI=1S/C14H11BrN2O2/c1-14(12-4-2-3-7-16-12)17-13(18)10-8-9(15)5-6-11(10)19-14/h2-8H,1H3,(H,17,18). The van der Waals surface area contributed by atoms with Crippen LogP contribution in [-0.4, -0.2) is 10.9 Å². The van der Waals surface area contributed by atoms with Crippen molar-refractivity contribution in [2.75, 3.05) is 0 Å². The molecule has 1 aromatic heterocycles. The summed E-state index contributed by atoms with van der Waals surface area (Å²) in [7, 11) is 0. The van der Waals surface area contributed by atoms with Gasteiger partial charge in [0.25, 0.3) is 5.91 Å². The molecule has 0 aliphatic carbocycles. The molecule has 1 aliphatic heterocycles. The van der Waals surface area contributed by atoms with E-state index >= 15 is 0 Å². The summed E-state index contributed by atoms with van der Waals surface area (Å²) in [5.74, 6) is 0.385. The fraction of sp³-hybridized carbons (Fsp3) is 0.143. The summed E-state index contributed by atoms with van der Waals surface area (Å²) in [6.07, 6.45) is 1.67. The van der Waals surface area contributed by atoms with E-state index in [0.717, 1.165) is 4.47 Å². The Morgan fingerprint density at radius 3 is 2.89 bits per heavy atom. The number of benzene rings is 1. The van der Waals surface area contributed by atoms with E-state index in [1.807, 2.05) is 24.3 Å². The molecule has 1 aromatic carbocycles. The molecule has 4 nitrogen and oxygen atoms in total. The SMILES string of the molecule is CC1(c2ccccn2)NC(=O)c2cc(Br)ccc2O1. The van der Waals surface area contributed by atoms with Crippen molar-refractivity contribution in [2.45, 2.75) is 12.6 Å². The van der Waals surface area contributed by atoms with Crippen molar-refractivity contribution in [3.63, 3.8) is 0 Å². The third-order valence-electron chi connectivity index (χ3n) is 3.01. The Morgan fingerprint density at radius 1 is 1.32 bits per heavy atom. The van der Waals surface area contributed by atoms with Crippen LogP contribution in [0.4, 0.5) is 0 Å². The molecule has 0 saturated carbocycles. The molecule has 0 spiro atoms. The van der Waals surface area contributed by atoms with Gasteiger partial charge in [0.15, 0.2) is 0 Å². The highest BCUT2D eigenvalue weighted by Gasteiger charge is 2.38. The van der Waals surface area contributed by atoms with E-state index in [1.54, 1.807) is 25.3 Å². The fourth-order valence-corrected chi connectivity index (χ4v) is 2.42. The molecule has 1 aliphatic rings. The van der Waals surface area contributed by atoms with Crippen molar-refractivity contribution in [3.8, 4) is 5.75 Å². The third kappa shape index (κ3) is 2.10. The zero-order chi connectivity index (χ0) is 13.5. The number of hydrogen-bond acceptors (Lipinski definition) is 3. The van der Waals surface area contributed by atoms with Gasteiger partial charge in [0.2, 0.25) is 5.72 Å². The van der Waals surface area contributed by atoms with Gasteiger partial charge < -0.3 is 10.1 Å². The maximum Gasteiger partial charge on any atom is 0.258 e. The Balaban J connectivity index is 2.06. The fourth-order valence-electron chi connectivity index (χ4n) is 2.06. The van der Waals surface area contributed by atoms with Gasteiger partial charge in [0.05, 0.1) is 5.56 Å². The van der Waals surface area contributed by atoms with Gasteiger partial charge in [-0.05, 0) is 30.3 Å². The summed E-state index contributed by atoms with van der Waals surface area (Å²) < 4.78 is 6.75. The Labute approximate surface area is 118 Å². The Hall–Kier alpha value is -1.88. The van der Waals surface area contributed by atoms with Crippen LogP contribution in [0.25, 0.3) is 0 Å². The maximum atomic E-state index is 12.2. The van der Waals surface area contributed by atoms with Crippen molar-refractivity contribution in [2.24, 2.45) is 0 Å². The predicted octanol–water partition coefficient (Wildman–Crippen LogP) is 2.84. The second kappa shape index (κ2) is 4.35. The van der Waals surface area contributed by atoms with Crippen molar-refractivity contribution in [1.29, 1.82) is 0 Å². The summed E-state index contributed by atoms with van der Waals surface area (Å²) in [4.78, 5) is 16.4. The first-order chi connectivity index (χ1) is 9.08. The largest absolute Gasteiger partial charge is 0.462 e. The second-order valence-corrected chi connectivity index (χ2v) is 5.36.